The number of rotatable bonds is 4. The quantitative estimate of drug-likeness (QED) is 0.891. The van der Waals surface area contributed by atoms with E-state index >= 15 is 0 Å². The van der Waals surface area contributed by atoms with E-state index in [1.165, 1.54) is 24.3 Å². The van der Waals surface area contributed by atoms with Crippen LogP contribution in [-0.2, 0) is 4.79 Å². The predicted molar refractivity (Wildman–Crippen MR) is 76.5 cm³/mol. The highest BCUT2D eigenvalue weighted by Gasteiger charge is 2.21. The zero-order valence-electron chi connectivity index (χ0n) is 11.0. The van der Waals surface area contributed by atoms with E-state index in [-0.39, 0.29) is 10.6 Å². The monoisotopic (exact) mass is 311 g/mol. The fourth-order valence-corrected chi connectivity index (χ4v) is 2.08. The number of aryl methyl sites for hydroxylation is 1. The number of carbonyl (C=O) groups is 1. The lowest BCUT2D eigenvalue weighted by Gasteiger charge is -2.17. The van der Waals surface area contributed by atoms with Gasteiger partial charge in [-0.3, -0.25) is 0 Å². The number of anilines is 1. The Morgan fingerprint density at radius 2 is 1.95 bits per heavy atom. The van der Waals surface area contributed by atoms with Crippen LogP contribution in [-0.4, -0.2) is 11.1 Å². The van der Waals surface area contributed by atoms with Crippen molar-refractivity contribution in [2.45, 2.75) is 13.0 Å². The fraction of sp³-hybridized carbons (Fsp3) is 0.133. The Hall–Kier alpha value is -2.14. The van der Waals surface area contributed by atoms with Gasteiger partial charge >= 0.3 is 5.97 Å². The minimum atomic E-state index is -1.21. The van der Waals surface area contributed by atoms with Crippen LogP contribution in [0.1, 0.15) is 17.2 Å². The summed E-state index contributed by atoms with van der Waals surface area (Å²) in [5.41, 5.74) is 1.13. The van der Waals surface area contributed by atoms with Crippen LogP contribution in [0.4, 0.5) is 14.5 Å². The first-order valence-corrected chi connectivity index (χ1v) is 6.46. The van der Waals surface area contributed by atoms with Crippen LogP contribution in [0.15, 0.2) is 36.4 Å². The number of nitrogens with one attached hydrogen (secondary N) is 1. The standard InChI is InChI=1S/C15H12ClF2NO2/c1-8-4-10(17)7-11(5-8)19-14(15(20)21)9-2-3-12(16)13(18)6-9/h2-7,14,19H,1H3,(H,20,21). The van der Waals surface area contributed by atoms with Crippen LogP contribution in [0.5, 0.6) is 0 Å². The lowest BCUT2D eigenvalue weighted by molar-refractivity contribution is -0.138. The van der Waals surface area contributed by atoms with Gasteiger partial charge in [0.05, 0.1) is 5.02 Å². The first-order chi connectivity index (χ1) is 9.86. The summed E-state index contributed by atoms with van der Waals surface area (Å²) in [5, 5.41) is 11.9. The van der Waals surface area contributed by atoms with Crippen molar-refractivity contribution in [3.05, 3.63) is 64.2 Å². The lowest BCUT2D eigenvalue weighted by atomic mass is 10.1. The molecule has 6 heteroatoms. The lowest BCUT2D eigenvalue weighted by Crippen LogP contribution is -2.20. The molecule has 0 radical (unpaired) electrons. The molecule has 110 valence electrons. The molecule has 0 aliphatic carbocycles. The largest absolute Gasteiger partial charge is 0.479 e. The van der Waals surface area contributed by atoms with Crippen LogP contribution in [0.2, 0.25) is 5.02 Å². The number of carboxylic acid groups (broad SMARTS) is 1. The molecule has 21 heavy (non-hydrogen) atoms. The highest BCUT2D eigenvalue weighted by Crippen LogP contribution is 2.25. The highest BCUT2D eigenvalue weighted by molar-refractivity contribution is 6.30. The van der Waals surface area contributed by atoms with E-state index in [9.17, 15) is 18.7 Å². The molecule has 0 aliphatic rings. The van der Waals surface area contributed by atoms with Crippen LogP contribution in [0.3, 0.4) is 0 Å². The maximum Gasteiger partial charge on any atom is 0.330 e. The summed E-state index contributed by atoms with van der Waals surface area (Å²) < 4.78 is 26.8. The van der Waals surface area contributed by atoms with Crippen molar-refractivity contribution in [2.24, 2.45) is 0 Å². The van der Waals surface area contributed by atoms with Gasteiger partial charge in [-0.05, 0) is 48.4 Å². The van der Waals surface area contributed by atoms with Crippen LogP contribution >= 0.6 is 11.6 Å². The molecule has 2 N–H and O–H groups in total. The molecule has 0 amide bonds. The molecule has 2 aromatic rings. The molecule has 0 spiro atoms. The molecule has 3 nitrogen and oxygen atoms in total. The Morgan fingerprint density at radius 3 is 2.52 bits per heavy atom. The molecule has 0 saturated carbocycles. The molecule has 0 fully saturated rings. The van der Waals surface area contributed by atoms with Crippen molar-refractivity contribution in [3.63, 3.8) is 0 Å². The summed E-state index contributed by atoms with van der Waals surface area (Å²) in [4.78, 5) is 11.4. The number of halogens is 3. The average molecular weight is 312 g/mol. The molecule has 2 rings (SSSR count). The van der Waals surface area contributed by atoms with Gasteiger partial charge in [0.2, 0.25) is 0 Å². The van der Waals surface area contributed by atoms with Crippen molar-refractivity contribution < 1.29 is 18.7 Å². The summed E-state index contributed by atoms with van der Waals surface area (Å²) in [7, 11) is 0. The van der Waals surface area contributed by atoms with E-state index in [4.69, 9.17) is 11.6 Å². The first-order valence-electron chi connectivity index (χ1n) is 6.08. The van der Waals surface area contributed by atoms with Gasteiger partial charge in [-0.25, -0.2) is 13.6 Å². The number of benzene rings is 2. The van der Waals surface area contributed by atoms with E-state index in [0.29, 0.717) is 11.3 Å². The highest BCUT2D eigenvalue weighted by atomic mass is 35.5. The molecule has 0 saturated heterocycles. The van der Waals surface area contributed by atoms with Crippen LogP contribution in [0, 0.1) is 18.6 Å². The second-order valence-electron chi connectivity index (χ2n) is 4.61. The minimum Gasteiger partial charge on any atom is -0.479 e. The Morgan fingerprint density at radius 1 is 1.24 bits per heavy atom. The number of hydrogen-bond acceptors (Lipinski definition) is 2. The van der Waals surface area contributed by atoms with Gasteiger partial charge < -0.3 is 10.4 Å². The molecule has 1 unspecified atom stereocenters. The molecule has 0 heterocycles. The van der Waals surface area contributed by atoms with Gasteiger partial charge in [-0.2, -0.15) is 0 Å². The summed E-state index contributed by atoms with van der Waals surface area (Å²) in [6.07, 6.45) is 0. The maximum atomic E-state index is 13.5. The van der Waals surface area contributed by atoms with E-state index in [0.717, 1.165) is 6.07 Å². The molecular weight excluding hydrogens is 300 g/mol. The third kappa shape index (κ3) is 3.70. The van der Waals surface area contributed by atoms with E-state index in [1.807, 2.05) is 0 Å². The van der Waals surface area contributed by atoms with Crippen LogP contribution < -0.4 is 5.32 Å². The van der Waals surface area contributed by atoms with E-state index in [1.54, 1.807) is 13.0 Å². The molecule has 0 aliphatic heterocycles. The number of carboxylic acids is 1. The number of hydrogen-bond donors (Lipinski definition) is 2. The third-order valence-electron chi connectivity index (χ3n) is 2.88. The summed E-state index contributed by atoms with van der Waals surface area (Å²) in [6, 6.07) is 6.62. The Kier molecular flexibility index (Phi) is 4.43. The topological polar surface area (TPSA) is 49.3 Å². The number of aliphatic carboxylic acids is 1. The molecule has 0 bridgehead atoms. The van der Waals surface area contributed by atoms with Crippen molar-refractivity contribution in [3.8, 4) is 0 Å². The molecule has 1 atom stereocenters. The van der Waals surface area contributed by atoms with Crippen molar-refractivity contribution in [2.75, 3.05) is 5.32 Å². The smallest absolute Gasteiger partial charge is 0.330 e. The van der Waals surface area contributed by atoms with Crippen LogP contribution in [0.25, 0.3) is 0 Å². The van der Waals surface area contributed by atoms with Gasteiger partial charge in [0.25, 0.3) is 0 Å². The van der Waals surface area contributed by atoms with Gasteiger partial charge in [-0.1, -0.05) is 17.7 Å². The SMILES string of the molecule is Cc1cc(F)cc(NC(C(=O)O)c2ccc(Cl)c(F)c2)c1. The molecular formula is C15H12ClF2NO2. The third-order valence-corrected chi connectivity index (χ3v) is 3.18. The van der Waals surface area contributed by atoms with Crippen molar-refractivity contribution in [1.82, 2.24) is 0 Å². The zero-order valence-corrected chi connectivity index (χ0v) is 11.8. The normalized spacial score (nSPS) is 12.0. The maximum absolute atomic E-state index is 13.5. The first kappa shape index (κ1) is 15.3. The second kappa shape index (κ2) is 6.10. The average Bonchev–Trinajstić information content (AvgIpc) is 2.38. The van der Waals surface area contributed by atoms with Crippen molar-refractivity contribution in [1.29, 1.82) is 0 Å². The van der Waals surface area contributed by atoms with E-state index in [2.05, 4.69) is 5.32 Å². The Balaban J connectivity index is 2.35. The Bertz CT molecular complexity index is 671. The van der Waals surface area contributed by atoms with Gasteiger partial charge in [0, 0.05) is 5.69 Å². The van der Waals surface area contributed by atoms with Gasteiger partial charge in [0.15, 0.2) is 6.04 Å². The molecule has 2 aromatic carbocycles. The Labute approximate surface area is 125 Å². The van der Waals surface area contributed by atoms with Crippen molar-refractivity contribution >= 4 is 23.3 Å². The predicted octanol–water partition coefficient (Wildman–Crippen LogP) is 4.16. The zero-order chi connectivity index (χ0) is 15.6. The molecule has 0 aromatic heterocycles. The van der Waals surface area contributed by atoms with Gasteiger partial charge in [-0.15, -0.1) is 0 Å². The summed E-state index contributed by atoms with van der Waals surface area (Å²) in [5.74, 6) is -2.40. The summed E-state index contributed by atoms with van der Waals surface area (Å²) >= 11 is 5.57. The fourth-order valence-electron chi connectivity index (χ4n) is 1.97. The summed E-state index contributed by atoms with van der Waals surface area (Å²) in [6.45, 7) is 1.69. The van der Waals surface area contributed by atoms with Gasteiger partial charge in [0.1, 0.15) is 11.6 Å². The van der Waals surface area contributed by atoms with E-state index < -0.39 is 23.6 Å². The second-order valence-corrected chi connectivity index (χ2v) is 5.01. The minimum absolute atomic E-state index is 0.0931.